The number of hydrogen-bond donors (Lipinski definition) is 0. The maximum atomic E-state index is 11.5. The van der Waals surface area contributed by atoms with Crippen molar-refractivity contribution in [3.63, 3.8) is 0 Å². The van der Waals surface area contributed by atoms with Crippen molar-refractivity contribution in [1.29, 1.82) is 0 Å². The Kier molecular flexibility index (Phi) is 2.71. The minimum absolute atomic E-state index is 0.0628. The molecular weight excluding hydrogens is 190 g/mol. The molecule has 1 aliphatic carbocycles. The maximum absolute atomic E-state index is 11.5. The van der Waals surface area contributed by atoms with Gasteiger partial charge in [0.05, 0.1) is 12.5 Å². The molecule has 2 rings (SSSR count). The first-order valence-corrected chi connectivity index (χ1v) is 5.31. The van der Waals surface area contributed by atoms with Crippen molar-refractivity contribution in [2.24, 2.45) is 5.92 Å². The Hall–Kier alpha value is -1.38. The Morgan fingerprint density at radius 3 is 3.13 bits per heavy atom. The lowest BCUT2D eigenvalue weighted by atomic mass is 10.1. The number of carbonyl (C=O) groups is 1. The molecule has 80 valence electrons. The highest BCUT2D eigenvalue weighted by Crippen LogP contribution is 2.48. The molecule has 15 heavy (non-hydrogen) atoms. The fraction of sp³-hybridized carbons (Fsp3) is 0.500. The molecule has 1 saturated carbocycles. The molecule has 1 heterocycles. The van der Waals surface area contributed by atoms with E-state index < -0.39 is 0 Å². The van der Waals surface area contributed by atoms with E-state index in [9.17, 15) is 4.79 Å². The first-order chi connectivity index (χ1) is 7.24. The van der Waals surface area contributed by atoms with Gasteiger partial charge in [-0.3, -0.25) is 9.78 Å². The van der Waals surface area contributed by atoms with Crippen molar-refractivity contribution in [2.45, 2.75) is 26.2 Å². The van der Waals surface area contributed by atoms with Crippen LogP contribution in [0.4, 0.5) is 0 Å². The summed E-state index contributed by atoms with van der Waals surface area (Å²) in [4.78, 5) is 15.6. The third-order valence-corrected chi connectivity index (χ3v) is 2.86. The highest BCUT2D eigenvalue weighted by Gasteiger charge is 2.45. The van der Waals surface area contributed by atoms with Crippen LogP contribution >= 0.6 is 0 Å². The molecule has 2 atom stereocenters. The Morgan fingerprint density at radius 2 is 2.47 bits per heavy atom. The summed E-state index contributed by atoms with van der Waals surface area (Å²) < 4.78 is 5.00. The summed E-state index contributed by atoms with van der Waals surface area (Å²) in [7, 11) is 0. The average molecular weight is 205 g/mol. The quantitative estimate of drug-likeness (QED) is 0.709. The van der Waals surface area contributed by atoms with E-state index >= 15 is 0 Å². The van der Waals surface area contributed by atoms with E-state index in [-0.39, 0.29) is 11.9 Å². The van der Waals surface area contributed by atoms with Crippen LogP contribution in [0.2, 0.25) is 0 Å². The highest BCUT2D eigenvalue weighted by molar-refractivity contribution is 5.77. The monoisotopic (exact) mass is 205 g/mol. The molecule has 0 aliphatic heterocycles. The van der Waals surface area contributed by atoms with Crippen LogP contribution < -0.4 is 0 Å². The number of carbonyl (C=O) groups excluding carboxylic acids is 1. The van der Waals surface area contributed by atoms with Crippen molar-refractivity contribution in [3.8, 4) is 0 Å². The molecular formula is C12H15NO2. The summed E-state index contributed by atoms with van der Waals surface area (Å²) in [6, 6.07) is 1.98. The first-order valence-electron chi connectivity index (χ1n) is 5.31. The number of rotatable bonds is 3. The van der Waals surface area contributed by atoms with E-state index in [1.165, 1.54) is 11.1 Å². The van der Waals surface area contributed by atoms with Crippen LogP contribution in [0.5, 0.6) is 0 Å². The van der Waals surface area contributed by atoms with Crippen molar-refractivity contribution in [3.05, 3.63) is 29.6 Å². The van der Waals surface area contributed by atoms with E-state index in [1.807, 2.05) is 19.2 Å². The number of aryl methyl sites for hydroxylation is 1. The average Bonchev–Trinajstić information content (AvgIpc) is 2.98. The van der Waals surface area contributed by atoms with Gasteiger partial charge >= 0.3 is 5.97 Å². The molecule has 1 aromatic heterocycles. The number of pyridine rings is 1. The normalized spacial score (nSPS) is 23.6. The summed E-state index contributed by atoms with van der Waals surface area (Å²) in [5.41, 5.74) is 2.40. The van der Waals surface area contributed by atoms with Crippen LogP contribution in [-0.2, 0) is 9.53 Å². The minimum atomic E-state index is -0.0641. The standard InChI is InChI=1S/C12H15NO2/c1-3-15-12(14)10-6-9(10)11-7-13-5-4-8(11)2/h4-5,7,9-10H,3,6H2,1-2H3/t9-,10-/m1/s1. The predicted molar refractivity (Wildman–Crippen MR) is 56.5 cm³/mol. The number of esters is 1. The third-order valence-electron chi connectivity index (χ3n) is 2.86. The van der Waals surface area contributed by atoms with Crippen LogP contribution in [-0.4, -0.2) is 17.6 Å². The van der Waals surface area contributed by atoms with Crippen LogP contribution in [0, 0.1) is 12.8 Å². The van der Waals surface area contributed by atoms with Crippen molar-refractivity contribution >= 4 is 5.97 Å². The van der Waals surface area contributed by atoms with E-state index in [0.717, 1.165) is 6.42 Å². The van der Waals surface area contributed by atoms with Gasteiger partial charge in [-0.05, 0) is 43.4 Å². The fourth-order valence-corrected chi connectivity index (χ4v) is 1.91. The largest absolute Gasteiger partial charge is 0.466 e. The summed E-state index contributed by atoms with van der Waals surface area (Å²) in [6.07, 6.45) is 4.55. The summed E-state index contributed by atoms with van der Waals surface area (Å²) >= 11 is 0. The number of hydrogen-bond acceptors (Lipinski definition) is 3. The van der Waals surface area contributed by atoms with Gasteiger partial charge in [0.15, 0.2) is 0 Å². The van der Waals surface area contributed by atoms with Gasteiger partial charge in [0.25, 0.3) is 0 Å². The Morgan fingerprint density at radius 1 is 1.67 bits per heavy atom. The lowest BCUT2D eigenvalue weighted by molar-refractivity contribution is -0.144. The molecule has 1 aliphatic rings. The molecule has 0 spiro atoms. The van der Waals surface area contributed by atoms with Crippen LogP contribution in [0.1, 0.15) is 30.4 Å². The van der Waals surface area contributed by atoms with Crippen molar-refractivity contribution in [1.82, 2.24) is 4.98 Å². The second-order valence-corrected chi connectivity index (χ2v) is 3.93. The molecule has 1 fully saturated rings. The molecule has 0 aromatic carbocycles. The van der Waals surface area contributed by atoms with Crippen LogP contribution in [0.15, 0.2) is 18.5 Å². The predicted octanol–water partition coefficient (Wildman–Crippen LogP) is 2.06. The van der Waals surface area contributed by atoms with Crippen molar-refractivity contribution < 1.29 is 9.53 Å². The molecule has 0 bridgehead atoms. The SMILES string of the molecule is CCOC(=O)[C@@H]1C[C@H]1c1cnccc1C. The second-order valence-electron chi connectivity index (χ2n) is 3.93. The van der Waals surface area contributed by atoms with Gasteiger partial charge in [0.1, 0.15) is 0 Å². The zero-order chi connectivity index (χ0) is 10.8. The van der Waals surface area contributed by atoms with Crippen molar-refractivity contribution in [2.75, 3.05) is 6.61 Å². The zero-order valence-electron chi connectivity index (χ0n) is 9.06. The number of nitrogens with zero attached hydrogens (tertiary/aromatic N) is 1. The third kappa shape index (κ3) is 2.01. The maximum Gasteiger partial charge on any atom is 0.309 e. The lowest BCUT2D eigenvalue weighted by Gasteiger charge is -2.03. The minimum Gasteiger partial charge on any atom is -0.466 e. The number of ether oxygens (including phenoxy) is 1. The molecule has 3 heteroatoms. The summed E-state index contributed by atoms with van der Waals surface area (Å²) in [6.45, 7) is 4.36. The smallest absolute Gasteiger partial charge is 0.309 e. The van der Waals surface area contributed by atoms with Crippen LogP contribution in [0.3, 0.4) is 0 Å². The van der Waals surface area contributed by atoms with E-state index in [1.54, 1.807) is 6.20 Å². The Bertz CT molecular complexity index is 376. The van der Waals surface area contributed by atoms with Gasteiger partial charge in [0.2, 0.25) is 0 Å². The molecule has 0 saturated heterocycles. The van der Waals surface area contributed by atoms with E-state index in [0.29, 0.717) is 12.5 Å². The molecule has 3 nitrogen and oxygen atoms in total. The van der Waals surface area contributed by atoms with E-state index in [4.69, 9.17) is 4.74 Å². The molecule has 0 N–H and O–H groups in total. The summed E-state index contributed by atoms with van der Waals surface area (Å²) in [5.74, 6) is 0.330. The van der Waals surface area contributed by atoms with E-state index in [2.05, 4.69) is 11.9 Å². The number of aromatic nitrogens is 1. The first kappa shape index (κ1) is 10.1. The van der Waals surface area contributed by atoms with Gasteiger partial charge in [-0.15, -0.1) is 0 Å². The van der Waals surface area contributed by atoms with Gasteiger partial charge in [-0.25, -0.2) is 0 Å². The van der Waals surface area contributed by atoms with Gasteiger partial charge < -0.3 is 4.74 Å². The van der Waals surface area contributed by atoms with Gasteiger partial charge in [-0.1, -0.05) is 0 Å². The topological polar surface area (TPSA) is 39.2 Å². The highest BCUT2D eigenvalue weighted by atomic mass is 16.5. The Labute approximate surface area is 89.5 Å². The summed E-state index contributed by atoms with van der Waals surface area (Å²) in [5, 5.41) is 0. The molecule has 0 radical (unpaired) electrons. The zero-order valence-corrected chi connectivity index (χ0v) is 9.06. The Balaban J connectivity index is 2.05. The fourth-order valence-electron chi connectivity index (χ4n) is 1.91. The lowest BCUT2D eigenvalue weighted by Crippen LogP contribution is -2.07. The molecule has 0 unspecified atom stereocenters. The van der Waals surface area contributed by atoms with Crippen LogP contribution in [0.25, 0.3) is 0 Å². The molecule has 0 amide bonds. The molecule has 1 aromatic rings. The van der Waals surface area contributed by atoms with Gasteiger partial charge in [-0.2, -0.15) is 0 Å². The second kappa shape index (κ2) is 4.01. The van der Waals surface area contributed by atoms with Gasteiger partial charge in [0, 0.05) is 12.4 Å².